The molecule has 2 N–H and O–H groups in total. The van der Waals surface area contributed by atoms with Crippen LogP contribution in [0.4, 0.5) is 5.69 Å². The molecule has 0 aromatic heterocycles. The zero-order valence-corrected chi connectivity index (χ0v) is 18.7. The molecular formula is C26H27N3O4. The lowest BCUT2D eigenvalue weighted by atomic mass is 10.1. The lowest BCUT2D eigenvalue weighted by Crippen LogP contribution is -2.35. The van der Waals surface area contributed by atoms with Gasteiger partial charge in [0.2, 0.25) is 5.91 Å². The summed E-state index contributed by atoms with van der Waals surface area (Å²) < 4.78 is 5.15. The van der Waals surface area contributed by atoms with E-state index in [-0.39, 0.29) is 24.3 Å². The van der Waals surface area contributed by atoms with Crippen molar-refractivity contribution in [1.82, 2.24) is 10.2 Å². The van der Waals surface area contributed by atoms with Crippen LogP contribution in [0.3, 0.4) is 0 Å². The summed E-state index contributed by atoms with van der Waals surface area (Å²) in [4.78, 5) is 39.0. The van der Waals surface area contributed by atoms with Crippen LogP contribution in [0.5, 0.6) is 5.75 Å². The summed E-state index contributed by atoms with van der Waals surface area (Å²) >= 11 is 0. The molecule has 0 fully saturated rings. The van der Waals surface area contributed by atoms with Gasteiger partial charge in [0, 0.05) is 19.2 Å². The molecule has 0 aliphatic heterocycles. The molecule has 3 aromatic carbocycles. The number of carbonyl (C=O) groups excluding carboxylic acids is 3. The smallest absolute Gasteiger partial charge is 0.254 e. The van der Waals surface area contributed by atoms with Gasteiger partial charge in [0.05, 0.1) is 24.9 Å². The van der Waals surface area contributed by atoms with Gasteiger partial charge in [0.1, 0.15) is 5.75 Å². The van der Waals surface area contributed by atoms with Crippen LogP contribution in [0.2, 0.25) is 0 Å². The lowest BCUT2D eigenvalue weighted by molar-refractivity contribution is -0.116. The Balaban J connectivity index is 1.55. The maximum atomic E-state index is 12.7. The van der Waals surface area contributed by atoms with E-state index >= 15 is 0 Å². The van der Waals surface area contributed by atoms with Gasteiger partial charge < -0.3 is 20.3 Å². The summed E-state index contributed by atoms with van der Waals surface area (Å²) in [6, 6.07) is 23.2. The Labute approximate surface area is 193 Å². The maximum absolute atomic E-state index is 12.7. The minimum absolute atomic E-state index is 0.138. The van der Waals surface area contributed by atoms with Gasteiger partial charge in [-0.3, -0.25) is 14.4 Å². The first kappa shape index (κ1) is 23.5. The standard InChI is InChI=1S/C26H27N3O4/c1-29(26(32)20-8-4-3-5-9-20)18-24(30)28-23-11-7-6-10-22(23)25(31)27-17-16-19-12-14-21(33-2)15-13-19/h3-15H,16-18H2,1-2H3,(H,27,31)(H,28,30). The Morgan fingerprint density at radius 2 is 1.55 bits per heavy atom. The van der Waals surface area contributed by atoms with E-state index in [4.69, 9.17) is 4.74 Å². The van der Waals surface area contributed by atoms with Crippen LogP contribution in [-0.4, -0.2) is 49.9 Å². The third kappa shape index (κ3) is 6.67. The van der Waals surface area contributed by atoms with Crippen molar-refractivity contribution in [2.75, 3.05) is 32.6 Å². The topological polar surface area (TPSA) is 87.7 Å². The van der Waals surface area contributed by atoms with E-state index in [9.17, 15) is 14.4 Å². The first-order valence-electron chi connectivity index (χ1n) is 10.6. The quantitative estimate of drug-likeness (QED) is 0.529. The summed E-state index contributed by atoms with van der Waals surface area (Å²) in [5.41, 5.74) is 2.33. The number of ether oxygens (including phenoxy) is 1. The van der Waals surface area contributed by atoms with Crippen molar-refractivity contribution in [2.24, 2.45) is 0 Å². The fourth-order valence-electron chi connectivity index (χ4n) is 3.28. The van der Waals surface area contributed by atoms with Crippen LogP contribution >= 0.6 is 0 Å². The van der Waals surface area contributed by atoms with Crippen molar-refractivity contribution < 1.29 is 19.1 Å². The molecule has 0 bridgehead atoms. The summed E-state index contributed by atoms with van der Waals surface area (Å²) in [5, 5.41) is 5.63. The molecule has 0 aliphatic rings. The van der Waals surface area contributed by atoms with Gasteiger partial charge in [0.25, 0.3) is 11.8 Å². The monoisotopic (exact) mass is 445 g/mol. The van der Waals surface area contributed by atoms with Crippen LogP contribution < -0.4 is 15.4 Å². The highest BCUT2D eigenvalue weighted by Gasteiger charge is 2.17. The van der Waals surface area contributed by atoms with Gasteiger partial charge in [-0.25, -0.2) is 0 Å². The number of rotatable bonds is 9. The van der Waals surface area contributed by atoms with Gasteiger partial charge in [0.15, 0.2) is 0 Å². The van der Waals surface area contributed by atoms with Crippen LogP contribution in [0.25, 0.3) is 0 Å². The highest BCUT2D eigenvalue weighted by molar-refractivity contribution is 6.05. The molecule has 170 valence electrons. The van der Waals surface area contributed by atoms with Crippen LogP contribution in [0.1, 0.15) is 26.3 Å². The number of hydrogen-bond donors (Lipinski definition) is 2. The predicted molar refractivity (Wildman–Crippen MR) is 128 cm³/mol. The van der Waals surface area contributed by atoms with E-state index < -0.39 is 0 Å². The number of para-hydroxylation sites is 1. The Bertz CT molecular complexity index is 1100. The molecule has 7 nitrogen and oxygen atoms in total. The summed E-state index contributed by atoms with van der Waals surface area (Å²) in [7, 11) is 3.18. The van der Waals surface area contributed by atoms with Crippen molar-refractivity contribution in [3.8, 4) is 5.75 Å². The largest absolute Gasteiger partial charge is 0.497 e. The molecule has 3 aromatic rings. The lowest BCUT2D eigenvalue weighted by Gasteiger charge is -2.18. The molecule has 0 saturated heterocycles. The molecule has 0 unspecified atom stereocenters. The number of nitrogens with one attached hydrogen (secondary N) is 2. The van der Waals surface area contributed by atoms with Crippen LogP contribution in [0.15, 0.2) is 78.9 Å². The van der Waals surface area contributed by atoms with Gasteiger partial charge in [-0.2, -0.15) is 0 Å². The van der Waals surface area contributed by atoms with Gasteiger partial charge in [-0.1, -0.05) is 42.5 Å². The van der Waals surface area contributed by atoms with E-state index in [0.717, 1.165) is 11.3 Å². The third-order valence-corrected chi connectivity index (χ3v) is 5.05. The number of amides is 3. The predicted octanol–water partition coefficient (Wildman–Crippen LogP) is 3.38. The van der Waals surface area contributed by atoms with E-state index in [1.165, 1.54) is 4.90 Å². The molecule has 3 amide bonds. The minimum atomic E-state index is -0.389. The first-order valence-corrected chi connectivity index (χ1v) is 10.6. The van der Waals surface area contributed by atoms with E-state index in [2.05, 4.69) is 10.6 Å². The number of benzene rings is 3. The number of carbonyl (C=O) groups is 3. The Morgan fingerprint density at radius 1 is 0.879 bits per heavy atom. The second-order valence-electron chi connectivity index (χ2n) is 7.47. The zero-order chi connectivity index (χ0) is 23.6. The molecule has 33 heavy (non-hydrogen) atoms. The SMILES string of the molecule is COc1ccc(CCNC(=O)c2ccccc2NC(=O)CN(C)C(=O)c2ccccc2)cc1. The van der Waals surface area contributed by atoms with Crippen molar-refractivity contribution in [1.29, 1.82) is 0 Å². The fourth-order valence-corrected chi connectivity index (χ4v) is 3.28. The number of methoxy groups -OCH3 is 1. The van der Waals surface area contributed by atoms with E-state index in [1.807, 2.05) is 30.3 Å². The molecule has 0 atom stereocenters. The number of nitrogens with zero attached hydrogens (tertiary/aromatic N) is 1. The Hall–Kier alpha value is -4.13. The van der Waals surface area contributed by atoms with Crippen molar-refractivity contribution >= 4 is 23.4 Å². The average molecular weight is 446 g/mol. The molecular weight excluding hydrogens is 418 g/mol. The molecule has 3 rings (SSSR count). The van der Waals surface area contributed by atoms with Gasteiger partial charge >= 0.3 is 0 Å². The number of anilines is 1. The van der Waals surface area contributed by atoms with Gasteiger partial charge in [-0.15, -0.1) is 0 Å². The molecule has 0 heterocycles. The van der Waals surface area contributed by atoms with Crippen LogP contribution in [0, 0.1) is 0 Å². The van der Waals surface area contributed by atoms with Crippen LogP contribution in [-0.2, 0) is 11.2 Å². The maximum Gasteiger partial charge on any atom is 0.254 e. The highest BCUT2D eigenvalue weighted by Crippen LogP contribution is 2.16. The number of hydrogen-bond acceptors (Lipinski definition) is 4. The first-order chi connectivity index (χ1) is 16.0. The molecule has 0 radical (unpaired) electrons. The van der Waals surface area contributed by atoms with Crippen molar-refractivity contribution in [3.63, 3.8) is 0 Å². The van der Waals surface area contributed by atoms with E-state index in [1.54, 1.807) is 62.7 Å². The average Bonchev–Trinajstić information content (AvgIpc) is 2.84. The van der Waals surface area contributed by atoms with E-state index in [0.29, 0.717) is 29.8 Å². The molecule has 0 saturated carbocycles. The van der Waals surface area contributed by atoms with Crippen molar-refractivity contribution in [3.05, 3.63) is 95.6 Å². The summed E-state index contributed by atoms with van der Waals surface area (Å²) in [5.74, 6) is -0.146. The fraction of sp³-hybridized carbons (Fsp3) is 0.192. The second-order valence-corrected chi connectivity index (χ2v) is 7.47. The zero-order valence-electron chi connectivity index (χ0n) is 18.7. The Kier molecular flexibility index (Phi) is 8.18. The molecule has 0 aliphatic carbocycles. The summed E-state index contributed by atoms with van der Waals surface area (Å²) in [6.07, 6.45) is 0.663. The normalized spacial score (nSPS) is 10.2. The molecule has 7 heteroatoms. The second kappa shape index (κ2) is 11.5. The molecule has 0 spiro atoms. The number of likely N-dealkylation sites (N-methyl/N-ethyl adjacent to an activating group) is 1. The third-order valence-electron chi connectivity index (χ3n) is 5.05. The van der Waals surface area contributed by atoms with Crippen molar-refractivity contribution in [2.45, 2.75) is 6.42 Å². The highest BCUT2D eigenvalue weighted by atomic mass is 16.5. The summed E-state index contributed by atoms with van der Waals surface area (Å²) in [6.45, 7) is 0.308. The Morgan fingerprint density at radius 3 is 2.24 bits per heavy atom. The minimum Gasteiger partial charge on any atom is -0.497 e. The van der Waals surface area contributed by atoms with Gasteiger partial charge in [-0.05, 0) is 48.4 Å².